The van der Waals surface area contributed by atoms with Crippen molar-refractivity contribution in [2.75, 3.05) is 6.54 Å². The maximum atomic E-state index is 10.9. The number of amides is 1. The molecule has 128 valence electrons. The first-order valence-corrected chi connectivity index (χ1v) is 8.32. The largest absolute Gasteiger partial charge is 0.465 e. The van der Waals surface area contributed by atoms with Gasteiger partial charge in [0, 0.05) is 12.5 Å². The van der Waals surface area contributed by atoms with E-state index in [1.54, 1.807) is 0 Å². The smallest absolute Gasteiger partial charge is 0.404 e. The van der Waals surface area contributed by atoms with Gasteiger partial charge in [0.1, 0.15) is 0 Å². The van der Waals surface area contributed by atoms with Crippen LogP contribution in [-0.4, -0.2) is 22.9 Å². The fourth-order valence-corrected chi connectivity index (χ4v) is 3.09. The predicted octanol–water partition coefficient (Wildman–Crippen LogP) is 4.31. The van der Waals surface area contributed by atoms with Crippen molar-refractivity contribution >= 4 is 16.9 Å². The zero-order chi connectivity index (χ0) is 17.6. The van der Waals surface area contributed by atoms with E-state index in [1.807, 2.05) is 66.7 Å². The highest BCUT2D eigenvalue weighted by atomic mass is 16.4. The van der Waals surface area contributed by atoms with E-state index < -0.39 is 12.2 Å². The van der Waals surface area contributed by atoms with E-state index >= 15 is 0 Å². The third kappa shape index (κ3) is 4.37. The highest BCUT2D eigenvalue weighted by molar-refractivity contribution is 5.83. The van der Waals surface area contributed by atoms with Gasteiger partial charge in [-0.15, -0.1) is 0 Å². The number of aliphatic hydroxyl groups excluding tert-OH is 1. The molecule has 3 aromatic carbocycles. The number of hydrogen-bond acceptors (Lipinski definition) is 2. The second-order valence-electron chi connectivity index (χ2n) is 6.15. The van der Waals surface area contributed by atoms with Gasteiger partial charge in [-0.05, 0) is 28.3 Å². The van der Waals surface area contributed by atoms with Gasteiger partial charge in [-0.25, -0.2) is 4.79 Å². The Morgan fingerprint density at radius 2 is 1.56 bits per heavy atom. The molecular weight excluding hydrogens is 314 g/mol. The van der Waals surface area contributed by atoms with Gasteiger partial charge in [-0.1, -0.05) is 72.8 Å². The molecule has 1 amide bonds. The Morgan fingerprint density at radius 1 is 0.880 bits per heavy atom. The van der Waals surface area contributed by atoms with Crippen molar-refractivity contribution in [3.63, 3.8) is 0 Å². The van der Waals surface area contributed by atoms with E-state index in [0.29, 0.717) is 6.42 Å². The molecule has 0 aliphatic rings. The van der Waals surface area contributed by atoms with Gasteiger partial charge < -0.3 is 15.5 Å². The Labute approximate surface area is 146 Å². The molecule has 0 unspecified atom stereocenters. The van der Waals surface area contributed by atoms with Gasteiger partial charge in [-0.3, -0.25) is 0 Å². The Hall–Kier alpha value is -2.85. The summed E-state index contributed by atoms with van der Waals surface area (Å²) in [5.74, 6) is -0.115. The number of aliphatic hydroxyl groups is 1. The molecule has 0 radical (unpaired) electrons. The van der Waals surface area contributed by atoms with Crippen LogP contribution in [0.15, 0.2) is 72.8 Å². The summed E-state index contributed by atoms with van der Waals surface area (Å²) in [6.45, 7) is 0.261. The summed E-state index contributed by atoms with van der Waals surface area (Å²) in [5, 5.41) is 24.2. The Kier molecular flexibility index (Phi) is 5.31. The topological polar surface area (TPSA) is 69.6 Å². The molecular formula is C21H21NO3. The molecule has 25 heavy (non-hydrogen) atoms. The number of carboxylic acid groups (broad SMARTS) is 1. The van der Waals surface area contributed by atoms with Crippen LogP contribution in [0.4, 0.5) is 4.79 Å². The molecule has 0 bridgehead atoms. The number of fused-ring (bicyclic) bond motifs is 1. The molecule has 2 atom stereocenters. The van der Waals surface area contributed by atoms with Crippen LogP contribution in [0.3, 0.4) is 0 Å². The minimum absolute atomic E-state index is 0.115. The predicted molar refractivity (Wildman–Crippen MR) is 98.7 cm³/mol. The number of nitrogens with one attached hydrogen (secondary N) is 1. The SMILES string of the molecule is O=C(O)NC[C@@H](C[C@H](O)c1ccccc1)c1ccc2ccccc2c1. The molecule has 3 N–H and O–H groups in total. The van der Waals surface area contributed by atoms with Crippen LogP contribution in [-0.2, 0) is 0 Å². The summed E-state index contributed by atoms with van der Waals surface area (Å²) in [7, 11) is 0. The second kappa shape index (κ2) is 7.81. The van der Waals surface area contributed by atoms with Crippen molar-refractivity contribution in [2.24, 2.45) is 0 Å². The van der Waals surface area contributed by atoms with E-state index in [4.69, 9.17) is 5.11 Å². The summed E-state index contributed by atoms with van der Waals surface area (Å²) in [6, 6.07) is 23.6. The maximum absolute atomic E-state index is 10.9. The Bertz CT molecular complexity index is 848. The second-order valence-corrected chi connectivity index (χ2v) is 6.15. The molecule has 3 rings (SSSR count). The zero-order valence-electron chi connectivity index (χ0n) is 13.8. The zero-order valence-corrected chi connectivity index (χ0v) is 13.8. The minimum Gasteiger partial charge on any atom is -0.465 e. The van der Waals surface area contributed by atoms with Gasteiger partial charge in [0.05, 0.1) is 6.10 Å². The molecule has 4 nitrogen and oxygen atoms in total. The van der Waals surface area contributed by atoms with Crippen LogP contribution in [0.1, 0.15) is 29.6 Å². The standard InChI is InChI=1S/C21H21NO3/c23-20(16-7-2-1-3-8-16)13-19(14-22-21(24)25)18-11-10-15-6-4-5-9-17(15)12-18/h1-12,19-20,22-23H,13-14H2,(H,24,25)/t19-,20+/m1/s1. The fraction of sp³-hybridized carbons (Fsp3) is 0.190. The Balaban J connectivity index is 1.86. The van der Waals surface area contributed by atoms with Crippen LogP contribution < -0.4 is 5.32 Å². The molecule has 0 saturated carbocycles. The average molecular weight is 335 g/mol. The van der Waals surface area contributed by atoms with E-state index in [2.05, 4.69) is 11.4 Å². The molecule has 0 heterocycles. The monoisotopic (exact) mass is 335 g/mol. The van der Waals surface area contributed by atoms with Gasteiger partial charge in [0.15, 0.2) is 0 Å². The lowest BCUT2D eigenvalue weighted by atomic mass is 9.89. The number of hydrogen-bond donors (Lipinski definition) is 3. The first-order valence-electron chi connectivity index (χ1n) is 8.32. The molecule has 0 fully saturated rings. The van der Waals surface area contributed by atoms with Gasteiger partial charge in [0.2, 0.25) is 0 Å². The van der Waals surface area contributed by atoms with Gasteiger partial charge >= 0.3 is 6.09 Å². The minimum atomic E-state index is -1.06. The third-order valence-corrected chi connectivity index (χ3v) is 4.44. The number of benzene rings is 3. The molecule has 0 aromatic heterocycles. The van der Waals surface area contributed by atoms with Crippen LogP contribution in [0, 0.1) is 0 Å². The van der Waals surface area contributed by atoms with Crippen molar-refractivity contribution < 1.29 is 15.0 Å². The van der Waals surface area contributed by atoms with Gasteiger partial charge in [0.25, 0.3) is 0 Å². The molecule has 0 aliphatic heterocycles. The molecule has 4 heteroatoms. The number of rotatable bonds is 6. The average Bonchev–Trinajstić information content (AvgIpc) is 2.65. The first kappa shape index (κ1) is 17.0. The van der Waals surface area contributed by atoms with Crippen LogP contribution >= 0.6 is 0 Å². The number of carbonyl (C=O) groups is 1. The van der Waals surface area contributed by atoms with Crippen molar-refractivity contribution in [1.29, 1.82) is 0 Å². The van der Waals surface area contributed by atoms with Crippen LogP contribution in [0.2, 0.25) is 0 Å². The highest BCUT2D eigenvalue weighted by Gasteiger charge is 2.19. The maximum Gasteiger partial charge on any atom is 0.404 e. The lowest BCUT2D eigenvalue weighted by molar-refractivity contribution is 0.154. The summed E-state index contributed by atoms with van der Waals surface area (Å²) >= 11 is 0. The molecule has 0 spiro atoms. The van der Waals surface area contributed by atoms with E-state index in [-0.39, 0.29) is 12.5 Å². The van der Waals surface area contributed by atoms with Gasteiger partial charge in [-0.2, -0.15) is 0 Å². The summed E-state index contributed by atoms with van der Waals surface area (Å²) in [6.07, 6.45) is -1.25. The van der Waals surface area contributed by atoms with Crippen LogP contribution in [0.5, 0.6) is 0 Å². The van der Waals surface area contributed by atoms with Crippen LogP contribution in [0.25, 0.3) is 10.8 Å². The van der Waals surface area contributed by atoms with Crippen molar-refractivity contribution in [1.82, 2.24) is 5.32 Å². The molecule has 3 aromatic rings. The van der Waals surface area contributed by atoms with E-state index in [9.17, 15) is 9.90 Å². The Morgan fingerprint density at radius 3 is 2.28 bits per heavy atom. The first-order chi connectivity index (χ1) is 12.1. The van der Waals surface area contributed by atoms with E-state index in [0.717, 1.165) is 21.9 Å². The lowest BCUT2D eigenvalue weighted by Crippen LogP contribution is -2.27. The summed E-state index contributed by atoms with van der Waals surface area (Å²) < 4.78 is 0. The quantitative estimate of drug-likeness (QED) is 0.628. The van der Waals surface area contributed by atoms with Crippen molar-refractivity contribution in [3.8, 4) is 0 Å². The highest BCUT2D eigenvalue weighted by Crippen LogP contribution is 2.30. The van der Waals surface area contributed by atoms with Crippen molar-refractivity contribution in [3.05, 3.63) is 83.9 Å². The lowest BCUT2D eigenvalue weighted by Gasteiger charge is -2.21. The molecule has 0 aliphatic carbocycles. The fourth-order valence-electron chi connectivity index (χ4n) is 3.09. The summed E-state index contributed by atoms with van der Waals surface area (Å²) in [4.78, 5) is 10.9. The third-order valence-electron chi connectivity index (χ3n) is 4.44. The van der Waals surface area contributed by atoms with E-state index in [1.165, 1.54) is 0 Å². The normalized spacial score (nSPS) is 13.3. The molecule has 0 saturated heterocycles. The van der Waals surface area contributed by atoms with Crippen molar-refractivity contribution in [2.45, 2.75) is 18.4 Å². The summed E-state index contributed by atoms with van der Waals surface area (Å²) in [5.41, 5.74) is 1.85.